The van der Waals surface area contributed by atoms with Crippen molar-refractivity contribution in [1.29, 1.82) is 0 Å². The maximum Gasteiger partial charge on any atom is 0.143 e. The average molecular weight is 217 g/mol. The van der Waals surface area contributed by atoms with Gasteiger partial charge in [-0.2, -0.15) is 0 Å². The second-order valence-corrected chi connectivity index (χ2v) is 3.60. The third-order valence-corrected chi connectivity index (χ3v) is 2.06. The molecule has 15 heavy (non-hydrogen) atoms. The van der Waals surface area contributed by atoms with Crippen molar-refractivity contribution in [2.75, 3.05) is 26.3 Å². The molecule has 0 aliphatic carbocycles. The van der Waals surface area contributed by atoms with Gasteiger partial charge in [-0.05, 0) is 19.4 Å². The van der Waals surface area contributed by atoms with Gasteiger partial charge < -0.3 is 21.0 Å². The predicted molar refractivity (Wildman–Crippen MR) is 61.2 cm³/mol. The minimum Gasteiger partial charge on any atom is -0.409 e. The highest BCUT2D eigenvalue weighted by atomic mass is 16.5. The van der Waals surface area contributed by atoms with E-state index in [1.807, 2.05) is 6.92 Å². The number of nitrogens with one attached hydrogen (secondary N) is 1. The summed E-state index contributed by atoms with van der Waals surface area (Å²) in [5, 5.41) is 14.6. The standard InChI is InChI=1S/C10H23N3O2/c1-3-6-15-7-4-5-12-8-9(2)10(11)13-14/h9,12,14H,3-8H2,1-2H3,(H2,11,13). The Balaban J connectivity index is 3.24. The van der Waals surface area contributed by atoms with Crippen molar-refractivity contribution in [3.63, 3.8) is 0 Å². The highest BCUT2D eigenvalue weighted by Crippen LogP contribution is 1.92. The molecule has 0 aliphatic heterocycles. The molecule has 0 spiro atoms. The highest BCUT2D eigenvalue weighted by Gasteiger charge is 2.05. The smallest absolute Gasteiger partial charge is 0.143 e. The fourth-order valence-electron chi connectivity index (χ4n) is 1.07. The van der Waals surface area contributed by atoms with E-state index in [1.54, 1.807) is 0 Å². The zero-order valence-corrected chi connectivity index (χ0v) is 9.70. The van der Waals surface area contributed by atoms with Gasteiger partial charge in [0.2, 0.25) is 0 Å². The molecule has 0 aromatic rings. The van der Waals surface area contributed by atoms with Gasteiger partial charge >= 0.3 is 0 Å². The molecule has 0 aromatic carbocycles. The lowest BCUT2D eigenvalue weighted by atomic mass is 10.1. The number of ether oxygens (including phenoxy) is 1. The van der Waals surface area contributed by atoms with Crippen LogP contribution in [0, 0.1) is 5.92 Å². The Hall–Kier alpha value is -0.810. The summed E-state index contributed by atoms with van der Waals surface area (Å²) in [6, 6.07) is 0. The molecule has 0 rings (SSSR count). The zero-order chi connectivity index (χ0) is 11.5. The van der Waals surface area contributed by atoms with E-state index in [2.05, 4.69) is 17.4 Å². The first kappa shape index (κ1) is 14.2. The van der Waals surface area contributed by atoms with Crippen molar-refractivity contribution in [2.24, 2.45) is 16.8 Å². The SMILES string of the molecule is CCCOCCCNCC(C)C(N)=NO. The molecule has 0 fully saturated rings. The van der Waals surface area contributed by atoms with Crippen molar-refractivity contribution >= 4 is 5.84 Å². The third kappa shape index (κ3) is 8.20. The van der Waals surface area contributed by atoms with E-state index in [1.165, 1.54) is 0 Å². The van der Waals surface area contributed by atoms with Gasteiger partial charge in [0.25, 0.3) is 0 Å². The van der Waals surface area contributed by atoms with Crippen molar-refractivity contribution in [1.82, 2.24) is 5.32 Å². The molecule has 0 saturated carbocycles. The van der Waals surface area contributed by atoms with Crippen molar-refractivity contribution in [3.8, 4) is 0 Å². The summed E-state index contributed by atoms with van der Waals surface area (Å²) in [5.41, 5.74) is 5.43. The largest absolute Gasteiger partial charge is 0.409 e. The first-order valence-electron chi connectivity index (χ1n) is 5.48. The van der Waals surface area contributed by atoms with Gasteiger partial charge in [0.15, 0.2) is 0 Å². The summed E-state index contributed by atoms with van der Waals surface area (Å²) in [7, 11) is 0. The van der Waals surface area contributed by atoms with Gasteiger partial charge in [0, 0.05) is 25.7 Å². The van der Waals surface area contributed by atoms with Crippen molar-refractivity contribution < 1.29 is 9.94 Å². The summed E-state index contributed by atoms with van der Waals surface area (Å²) in [6.07, 6.45) is 2.05. The Kier molecular flexibility index (Phi) is 9.21. The number of hydrogen-bond donors (Lipinski definition) is 3. The van der Waals surface area contributed by atoms with Crippen LogP contribution < -0.4 is 11.1 Å². The van der Waals surface area contributed by atoms with Gasteiger partial charge in [-0.3, -0.25) is 0 Å². The molecule has 0 radical (unpaired) electrons. The summed E-state index contributed by atoms with van der Waals surface area (Å²) in [5.74, 6) is 0.330. The quantitative estimate of drug-likeness (QED) is 0.175. The van der Waals surface area contributed by atoms with Gasteiger partial charge in [0.05, 0.1) is 0 Å². The Morgan fingerprint density at radius 1 is 1.53 bits per heavy atom. The minimum absolute atomic E-state index is 0.0616. The van der Waals surface area contributed by atoms with Gasteiger partial charge in [-0.1, -0.05) is 19.0 Å². The maximum absolute atomic E-state index is 8.42. The molecule has 0 bridgehead atoms. The van der Waals surface area contributed by atoms with Crippen molar-refractivity contribution in [3.05, 3.63) is 0 Å². The van der Waals surface area contributed by atoms with Crippen LogP contribution in [-0.4, -0.2) is 37.3 Å². The molecule has 0 heterocycles. The number of amidine groups is 1. The van der Waals surface area contributed by atoms with Crippen LogP contribution in [0.25, 0.3) is 0 Å². The molecule has 0 aliphatic rings. The van der Waals surface area contributed by atoms with Gasteiger partial charge in [-0.25, -0.2) is 0 Å². The van der Waals surface area contributed by atoms with E-state index in [0.29, 0.717) is 0 Å². The number of nitrogens with zero attached hydrogens (tertiary/aromatic N) is 1. The van der Waals surface area contributed by atoms with Crippen LogP contribution in [0.4, 0.5) is 0 Å². The third-order valence-electron chi connectivity index (χ3n) is 2.06. The molecule has 1 unspecified atom stereocenters. The van der Waals surface area contributed by atoms with Gasteiger partial charge in [-0.15, -0.1) is 0 Å². The molecule has 5 nitrogen and oxygen atoms in total. The lowest BCUT2D eigenvalue weighted by Crippen LogP contribution is -2.32. The summed E-state index contributed by atoms with van der Waals surface area (Å²) in [4.78, 5) is 0. The monoisotopic (exact) mass is 217 g/mol. The van der Waals surface area contributed by atoms with Crippen molar-refractivity contribution in [2.45, 2.75) is 26.7 Å². The molecular formula is C10H23N3O2. The molecule has 4 N–H and O–H groups in total. The Morgan fingerprint density at radius 2 is 2.27 bits per heavy atom. The Morgan fingerprint density at radius 3 is 2.87 bits per heavy atom. The second-order valence-electron chi connectivity index (χ2n) is 3.60. The topological polar surface area (TPSA) is 79.9 Å². The van der Waals surface area contributed by atoms with E-state index in [-0.39, 0.29) is 11.8 Å². The van der Waals surface area contributed by atoms with E-state index < -0.39 is 0 Å². The summed E-state index contributed by atoms with van der Waals surface area (Å²) in [6.45, 7) is 7.25. The van der Waals surface area contributed by atoms with Gasteiger partial charge in [0.1, 0.15) is 5.84 Å². The normalized spacial score (nSPS) is 14.1. The number of hydrogen-bond acceptors (Lipinski definition) is 4. The van der Waals surface area contributed by atoms with E-state index in [0.717, 1.165) is 39.1 Å². The fourth-order valence-corrected chi connectivity index (χ4v) is 1.07. The molecular weight excluding hydrogens is 194 g/mol. The fraction of sp³-hybridized carbons (Fsp3) is 0.900. The van der Waals surface area contributed by atoms with E-state index in [4.69, 9.17) is 15.7 Å². The van der Waals surface area contributed by atoms with Crippen LogP contribution >= 0.6 is 0 Å². The number of rotatable bonds is 9. The van der Waals surface area contributed by atoms with Crippen LogP contribution in [0.1, 0.15) is 26.7 Å². The zero-order valence-electron chi connectivity index (χ0n) is 9.70. The van der Waals surface area contributed by atoms with Crippen LogP contribution in [-0.2, 0) is 4.74 Å². The highest BCUT2D eigenvalue weighted by molar-refractivity contribution is 5.82. The minimum atomic E-state index is 0.0616. The van der Waals surface area contributed by atoms with Crippen LogP contribution in [0.2, 0.25) is 0 Å². The number of oxime groups is 1. The molecule has 0 amide bonds. The first-order valence-corrected chi connectivity index (χ1v) is 5.48. The van der Waals surface area contributed by atoms with Crippen LogP contribution in [0.5, 0.6) is 0 Å². The lowest BCUT2D eigenvalue weighted by Gasteiger charge is -2.10. The lowest BCUT2D eigenvalue weighted by molar-refractivity contribution is 0.132. The summed E-state index contributed by atoms with van der Waals surface area (Å²) < 4.78 is 5.33. The molecule has 5 heteroatoms. The molecule has 0 aromatic heterocycles. The van der Waals surface area contributed by atoms with E-state index in [9.17, 15) is 0 Å². The average Bonchev–Trinajstić information content (AvgIpc) is 2.26. The molecule has 1 atom stereocenters. The maximum atomic E-state index is 8.42. The molecule has 90 valence electrons. The predicted octanol–water partition coefficient (Wildman–Crippen LogP) is 0.775. The van der Waals surface area contributed by atoms with E-state index >= 15 is 0 Å². The molecule has 0 saturated heterocycles. The van der Waals surface area contributed by atoms with Crippen LogP contribution in [0.15, 0.2) is 5.16 Å². The second kappa shape index (κ2) is 9.73. The van der Waals surface area contributed by atoms with Crippen LogP contribution in [0.3, 0.4) is 0 Å². The Labute approximate surface area is 91.7 Å². The first-order chi connectivity index (χ1) is 7.22. The number of nitrogens with two attached hydrogens (primary N) is 1. The Bertz CT molecular complexity index is 174. The summed E-state index contributed by atoms with van der Waals surface area (Å²) >= 11 is 0.